The van der Waals surface area contributed by atoms with Crippen LogP contribution in [0.15, 0.2) is 35.4 Å². The molecule has 1 N–H and O–H groups in total. The average molecular weight is 204 g/mol. The molecule has 0 saturated heterocycles. The first-order chi connectivity index (χ1) is 7.45. The van der Waals surface area contributed by atoms with Gasteiger partial charge in [-0.2, -0.15) is 4.98 Å². The predicted molar refractivity (Wildman–Crippen MR) is 53.9 cm³/mol. The van der Waals surface area contributed by atoms with Crippen molar-refractivity contribution >= 4 is 0 Å². The van der Waals surface area contributed by atoms with Crippen LogP contribution in [-0.4, -0.2) is 21.7 Å². The Balaban J connectivity index is 1.68. The number of hydrogen-bond acceptors (Lipinski definition) is 5. The van der Waals surface area contributed by atoms with E-state index in [0.29, 0.717) is 0 Å². The number of aromatic nitrogens is 3. The molecule has 0 bridgehead atoms. The molecule has 2 aromatic rings. The molecule has 0 saturated carbocycles. The molecule has 0 aliphatic carbocycles. The van der Waals surface area contributed by atoms with E-state index in [4.69, 9.17) is 0 Å². The first-order valence-electron chi connectivity index (χ1n) is 4.80. The van der Waals surface area contributed by atoms with Gasteiger partial charge >= 0.3 is 0 Å². The summed E-state index contributed by atoms with van der Waals surface area (Å²) in [5.41, 5.74) is 1.22. The van der Waals surface area contributed by atoms with Crippen molar-refractivity contribution in [1.29, 1.82) is 0 Å². The summed E-state index contributed by atoms with van der Waals surface area (Å²) < 4.78 is 4.63. The Morgan fingerprint density at radius 2 is 2.13 bits per heavy atom. The maximum atomic E-state index is 4.63. The van der Waals surface area contributed by atoms with Crippen LogP contribution in [0.25, 0.3) is 0 Å². The fraction of sp³-hybridized carbons (Fsp3) is 0.300. The lowest BCUT2D eigenvalue weighted by Crippen LogP contribution is -2.17. The molecule has 5 heteroatoms. The fourth-order valence-electron chi connectivity index (χ4n) is 1.24. The van der Waals surface area contributed by atoms with Gasteiger partial charge in [0.1, 0.15) is 0 Å². The van der Waals surface area contributed by atoms with Gasteiger partial charge in [0.25, 0.3) is 0 Å². The van der Waals surface area contributed by atoms with E-state index in [0.717, 1.165) is 25.3 Å². The van der Waals surface area contributed by atoms with Gasteiger partial charge in [-0.1, -0.05) is 5.16 Å². The number of pyridine rings is 1. The smallest absolute Gasteiger partial charge is 0.213 e. The van der Waals surface area contributed by atoms with Gasteiger partial charge in [0.15, 0.2) is 5.82 Å². The zero-order valence-electron chi connectivity index (χ0n) is 8.26. The maximum absolute atomic E-state index is 4.63. The lowest BCUT2D eigenvalue weighted by molar-refractivity contribution is 0.409. The van der Waals surface area contributed by atoms with Gasteiger partial charge in [-0.3, -0.25) is 4.98 Å². The number of nitrogens with one attached hydrogen (secondary N) is 1. The molecule has 0 fully saturated rings. The highest BCUT2D eigenvalue weighted by molar-refractivity contribution is 5.08. The van der Waals surface area contributed by atoms with Gasteiger partial charge in [-0.25, -0.2) is 0 Å². The highest BCUT2D eigenvalue weighted by Gasteiger charge is 1.97. The molecule has 0 unspecified atom stereocenters. The summed E-state index contributed by atoms with van der Waals surface area (Å²) >= 11 is 0. The predicted octanol–water partition coefficient (Wildman–Crippen LogP) is 0.797. The van der Waals surface area contributed by atoms with Crippen LogP contribution < -0.4 is 5.32 Å². The Hall–Kier alpha value is -1.75. The summed E-state index contributed by atoms with van der Waals surface area (Å²) in [4.78, 5) is 7.89. The summed E-state index contributed by atoms with van der Waals surface area (Å²) in [5, 5.41) is 7.02. The minimum absolute atomic E-state index is 0.734. The van der Waals surface area contributed by atoms with Crippen molar-refractivity contribution in [1.82, 2.24) is 20.4 Å². The molecule has 2 aromatic heterocycles. The Labute approximate surface area is 87.5 Å². The molecule has 0 atom stereocenters. The van der Waals surface area contributed by atoms with Crippen LogP contribution in [-0.2, 0) is 13.0 Å². The third-order valence-electron chi connectivity index (χ3n) is 2.01. The Bertz CT molecular complexity index is 374. The van der Waals surface area contributed by atoms with Crippen LogP contribution in [0.5, 0.6) is 0 Å². The van der Waals surface area contributed by atoms with E-state index in [1.807, 2.05) is 12.1 Å². The second-order valence-electron chi connectivity index (χ2n) is 3.13. The van der Waals surface area contributed by atoms with Crippen molar-refractivity contribution in [3.8, 4) is 0 Å². The van der Waals surface area contributed by atoms with Crippen molar-refractivity contribution in [3.63, 3.8) is 0 Å². The fourth-order valence-corrected chi connectivity index (χ4v) is 1.24. The van der Waals surface area contributed by atoms with Crippen molar-refractivity contribution in [2.75, 3.05) is 6.54 Å². The van der Waals surface area contributed by atoms with Crippen LogP contribution in [0.1, 0.15) is 11.4 Å². The summed E-state index contributed by atoms with van der Waals surface area (Å²) in [5.74, 6) is 0.734. The van der Waals surface area contributed by atoms with Gasteiger partial charge in [0.05, 0.1) is 0 Å². The van der Waals surface area contributed by atoms with Crippen LogP contribution in [0.4, 0.5) is 0 Å². The van der Waals surface area contributed by atoms with Gasteiger partial charge in [0.2, 0.25) is 6.39 Å². The molecule has 78 valence electrons. The monoisotopic (exact) mass is 204 g/mol. The largest absolute Gasteiger partial charge is 0.343 e. The molecule has 0 aliphatic heterocycles. The van der Waals surface area contributed by atoms with Gasteiger partial charge in [-0.05, 0) is 17.7 Å². The maximum Gasteiger partial charge on any atom is 0.213 e. The van der Waals surface area contributed by atoms with Gasteiger partial charge in [-0.15, -0.1) is 0 Å². The first-order valence-corrected chi connectivity index (χ1v) is 4.80. The number of hydrogen-bond donors (Lipinski definition) is 1. The van der Waals surface area contributed by atoms with Crippen molar-refractivity contribution in [2.45, 2.75) is 13.0 Å². The normalized spacial score (nSPS) is 10.4. The third kappa shape index (κ3) is 3.14. The van der Waals surface area contributed by atoms with E-state index in [1.165, 1.54) is 12.0 Å². The number of rotatable bonds is 5. The van der Waals surface area contributed by atoms with E-state index in [-0.39, 0.29) is 0 Å². The Kier molecular flexibility index (Phi) is 3.40. The second kappa shape index (κ2) is 5.21. The second-order valence-corrected chi connectivity index (χ2v) is 3.13. The lowest BCUT2D eigenvalue weighted by atomic mass is 10.2. The van der Waals surface area contributed by atoms with Gasteiger partial charge < -0.3 is 9.84 Å². The summed E-state index contributed by atoms with van der Waals surface area (Å²) in [7, 11) is 0. The zero-order chi connectivity index (χ0) is 10.3. The van der Waals surface area contributed by atoms with Gasteiger partial charge in [0, 0.05) is 31.9 Å². The average Bonchev–Trinajstić information content (AvgIpc) is 2.79. The molecule has 2 heterocycles. The molecular weight excluding hydrogens is 192 g/mol. The molecule has 5 nitrogen and oxygen atoms in total. The summed E-state index contributed by atoms with van der Waals surface area (Å²) in [6, 6.07) is 3.97. The molecule has 15 heavy (non-hydrogen) atoms. The first kappa shape index (κ1) is 9.79. The van der Waals surface area contributed by atoms with Crippen molar-refractivity contribution in [2.24, 2.45) is 0 Å². The van der Waals surface area contributed by atoms with E-state index < -0.39 is 0 Å². The van der Waals surface area contributed by atoms with Crippen LogP contribution in [0.3, 0.4) is 0 Å². The van der Waals surface area contributed by atoms with Crippen LogP contribution >= 0.6 is 0 Å². The lowest BCUT2D eigenvalue weighted by Gasteiger charge is -2.01. The topological polar surface area (TPSA) is 63.8 Å². The van der Waals surface area contributed by atoms with E-state index >= 15 is 0 Å². The summed E-state index contributed by atoms with van der Waals surface area (Å²) in [6.07, 6.45) is 5.70. The SMILES string of the molecule is c1cc(CNCCc2ncon2)ccn1. The minimum atomic E-state index is 0.734. The van der Waals surface area contributed by atoms with Crippen molar-refractivity contribution in [3.05, 3.63) is 42.3 Å². The molecule has 0 aliphatic rings. The Morgan fingerprint density at radius 1 is 1.27 bits per heavy atom. The van der Waals surface area contributed by atoms with Crippen LogP contribution in [0, 0.1) is 0 Å². The standard InChI is InChI=1S/C10H12N4O/c1-4-11-5-2-9(1)7-12-6-3-10-13-8-15-14-10/h1-2,4-5,8,12H,3,6-7H2. The molecule has 2 rings (SSSR count). The Morgan fingerprint density at radius 3 is 2.87 bits per heavy atom. The zero-order valence-corrected chi connectivity index (χ0v) is 8.26. The molecule has 0 amide bonds. The van der Waals surface area contributed by atoms with Crippen LogP contribution in [0.2, 0.25) is 0 Å². The summed E-state index contributed by atoms with van der Waals surface area (Å²) in [6.45, 7) is 1.67. The van der Waals surface area contributed by atoms with E-state index in [9.17, 15) is 0 Å². The molecule has 0 aromatic carbocycles. The highest BCUT2D eigenvalue weighted by Crippen LogP contribution is 1.95. The minimum Gasteiger partial charge on any atom is -0.343 e. The number of nitrogens with zero attached hydrogens (tertiary/aromatic N) is 3. The van der Waals surface area contributed by atoms with E-state index in [2.05, 4.69) is 25.0 Å². The third-order valence-corrected chi connectivity index (χ3v) is 2.01. The molecule has 0 spiro atoms. The van der Waals surface area contributed by atoms with E-state index in [1.54, 1.807) is 12.4 Å². The highest BCUT2D eigenvalue weighted by atomic mass is 16.5. The van der Waals surface area contributed by atoms with Crippen molar-refractivity contribution < 1.29 is 4.52 Å². The molecular formula is C10H12N4O. The quantitative estimate of drug-likeness (QED) is 0.730. The molecule has 0 radical (unpaired) electrons.